The molecular formula is C13H18FNO3. The summed E-state index contributed by atoms with van der Waals surface area (Å²) in [7, 11) is 3.25. The minimum Gasteiger partial charge on any atom is -0.496 e. The molecule has 0 heterocycles. The van der Waals surface area contributed by atoms with E-state index < -0.39 is 12.0 Å². The van der Waals surface area contributed by atoms with E-state index in [1.807, 2.05) is 0 Å². The van der Waals surface area contributed by atoms with Crippen molar-refractivity contribution in [2.75, 3.05) is 20.7 Å². The van der Waals surface area contributed by atoms with Gasteiger partial charge in [-0.2, -0.15) is 0 Å². The Morgan fingerprint density at radius 3 is 2.78 bits per heavy atom. The van der Waals surface area contributed by atoms with Crippen LogP contribution in [-0.4, -0.2) is 42.7 Å². The molecule has 1 aromatic rings. The van der Waals surface area contributed by atoms with Crippen LogP contribution in [0.4, 0.5) is 4.39 Å². The molecule has 4 nitrogen and oxygen atoms in total. The van der Waals surface area contributed by atoms with E-state index >= 15 is 0 Å². The molecule has 0 bridgehead atoms. The van der Waals surface area contributed by atoms with Gasteiger partial charge in [0.1, 0.15) is 17.6 Å². The molecule has 0 saturated carbocycles. The molecule has 1 rings (SSSR count). The lowest BCUT2D eigenvalue weighted by atomic mass is 10.1. The van der Waals surface area contributed by atoms with E-state index in [1.54, 1.807) is 24.9 Å². The Bertz CT molecular complexity index is 423. The summed E-state index contributed by atoms with van der Waals surface area (Å²) in [4.78, 5) is 12.5. The Balaban J connectivity index is 2.68. The second-order valence-corrected chi connectivity index (χ2v) is 4.20. The molecule has 18 heavy (non-hydrogen) atoms. The molecular weight excluding hydrogens is 237 g/mol. The van der Waals surface area contributed by atoms with Crippen LogP contribution >= 0.6 is 0 Å². The smallest absolute Gasteiger partial charge is 0.320 e. The third-order valence-corrected chi connectivity index (χ3v) is 2.99. The summed E-state index contributed by atoms with van der Waals surface area (Å²) in [6.45, 7) is 2.14. The Labute approximate surface area is 106 Å². The molecule has 0 radical (unpaired) electrons. The zero-order valence-electron chi connectivity index (χ0n) is 10.8. The normalized spacial score (nSPS) is 12.5. The van der Waals surface area contributed by atoms with Crippen LogP contribution < -0.4 is 4.74 Å². The number of methoxy groups -OCH3 is 1. The van der Waals surface area contributed by atoms with E-state index in [-0.39, 0.29) is 5.82 Å². The van der Waals surface area contributed by atoms with Gasteiger partial charge in [-0.25, -0.2) is 4.39 Å². The number of nitrogens with zero attached hydrogens (tertiary/aromatic N) is 1. The second kappa shape index (κ2) is 6.35. The lowest BCUT2D eigenvalue weighted by Crippen LogP contribution is -2.37. The summed E-state index contributed by atoms with van der Waals surface area (Å²) in [5, 5.41) is 8.87. The number of rotatable bonds is 6. The summed E-state index contributed by atoms with van der Waals surface area (Å²) in [6.07, 6.45) is 0.537. The first-order valence-electron chi connectivity index (χ1n) is 5.71. The number of carbonyl (C=O) groups is 1. The van der Waals surface area contributed by atoms with Crippen molar-refractivity contribution in [3.8, 4) is 5.75 Å². The number of hydrogen-bond donors (Lipinski definition) is 1. The Kier molecular flexibility index (Phi) is 5.09. The zero-order chi connectivity index (χ0) is 13.7. The Morgan fingerprint density at radius 1 is 1.56 bits per heavy atom. The van der Waals surface area contributed by atoms with Gasteiger partial charge in [0.2, 0.25) is 0 Å². The second-order valence-electron chi connectivity index (χ2n) is 4.20. The summed E-state index contributed by atoms with van der Waals surface area (Å²) < 4.78 is 18.3. The van der Waals surface area contributed by atoms with Crippen molar-refractivity contribution in [1.29, 1.82) is 0 Å². The van der Waals surface area contributed by atoms with Gasteiger partial charge in [0, 0.05) is 6.54 Å². The Hall–Kier alpha value is -1.62. The molecule has 5 heteroatoms. The average Bonchev–Trinajstić information content (AvgIpc) is 2.35. The van der Waals surface area contributed by atoms with Crippen LogP contribution in [-0.2, 0) is 11.2 Å². The van der Waals surface area contributed by atoms with Gasteiger partial charge in [-0.3, -0.25) is 9.69 Å². The minimum absolute atomic E-state index is 0.320. The predicted molar refractivity (Wildman–Crippen MR) is 66.4 cm³/mol. The fraction of sp³-hybridized carbons (Fsp3) is 0.462. The zero-order valence-corrected chi connectivity index (χ0v) is 10.8. The van der Waals surface area contributed by atoms with E-state index in [1.165, 1.54) is 19.2 Å². The molecule has 0 aliphatic carbocycles. The molecule has 0 fully saturated rings. The van der Waals surface area contributed by atoms with E-state index in [0.717, 1.165) is 5.56 Å². The lowest BCUT2D eigenvalue weighted by molar-refractivity contribution is -0.142. The van der Waals surface area contributed by atoms with Crippen LogP contribution in [0.15, 0.2) is 18.2 Å². The van der Waals surface area contributed by atoms with Gasteiger partial charge >= 0.3 is 5.97 Å². The maximum atomic E-state index is 13.1. The van der Waals surface area contributed by atoms with Gasteiger partial charge in [0.25, 0.3) is 0 Å². The molecule has 1 aromatic carbocycles. The highest BCUT2D eigenvalue weighted by molar-refractivity contribution is 5.72. The number of carboxylic acids is 1. The molecule has 1 N–H and O–H groups in total. The van der Waals surface area contributed by atoms with Crippen LogP contribution in [0.1, 0.15) is 12.5 Å². The molecule has 0 aromatic heterocycles. The first-order chi connectivity index (χ1) is 8.45. The average molecular weight is 255 g/mol. The highest BCUT2D eigenvalue weighted by Crippen LogP contribution is 2.20. The topological polar surface area (TPSA) is 49.8 Å². The van der Waals surface area contributed by atoms with Gasteiger partial charge in [-0.1, -0.05) is 0 Å². The third kappa shape index (κ3) is 3.70. The maximum absolute atomic E-state index is 13.1. The molecule has 0 aliphatic heterocycles. The van der Waals surface area contributed by atoms with E-state index in [2.05, 4.69) is 0 Å². The quantitative estimate of drug-likeness (QED) is 0.842. The minimum atomic E-state index is -0.872. The van der Waals surface area contributed by atoms with E-state index in [9.17, 15) is 9.18 Å². The molecule has 0 amide bonds. The van der Waals surface area contributed by atoms with Crippen molar-refractivity contribution in [1.82, 2.24) is 4.90 Å². The van der Waals surface area contributed by atoms with Crippen molar-refractivity contribution in [2.24, 2.45) is 0 Å². The summed E-state index contributed by atoms with van der Waals surface area (Å²) >= 11 is 0. The monoisotopic (exact) mass is 255 g/mol. The van der Waals surface area contributed by atoms with Crippen molar-refractivity contribution in [3.63, 3.8) is 0 Å². The number of benzene rings is 1. The van der Waals surface area contributed by atoms with Gasteiger partial charge < -0.3 is 9.84 Å². The standard InChI is InChI=1S/C13H18FNO3/c1-9(13(16)17)15(2)7-6-10-8-11(14)4-5-12(10)18-3/h4-5,8-9H,6-7H2,1-3H3,(H,16,17). The van der Waals surface area contributed by atoms with Crippen molar-refractivity contribution >= 4 is 5.97 Å². The molecule has 0 aliphatic rings. The summed E-state index contributed by atoms with van der Waals surface area (Å²) in [6, 6.07) is 3.76. The first-order valence-corrected chi connectivity index (χ1v) is 5.71. The number of likely N-dealkylation sites (N-methyl/N-ethyl adjacent to an activating group) is 1. The molecule has 0 saturated heterocycles. The number of hydrogen-bond acceptors (Lipinski definition) is 3. The van der Waals surface area contributed by atoms with Gasteiger partial charge in [-0.15, -0.1) is 0 Å². The largest absolute Gasteiger partial charge is 0.496 e. The van der Waals surface area contributed by atoms with Crippen molar-refractivity contribution in [2.45, 2.75) is 19.4 Å². The van der Waals surface area contributed by atoms with Gasteiger partial charge in [0.15, 0.2) is 0 Å². The fourth-order valence-electron chi connectivity index (χ4n) is 1.62. The lowest BCUT2D eigenvalue weighted by Gasteiger charge is -2.21. The summed E-state index contributed by atoms with van der Waals surface area (Å²) in [5.74, 6) is -0.573. The Morgan fingerprint density at radius 2 is 2.22 bits per heavy atom. The summed E-state index contributed by atoms with van der Waals surface area (Å²) in [5.41, 5.74) is 0.738. The molecule has 100 valence electrons. The number of aliphatic carboxylic acids is 1. The molecule has 1 atom stereocenters. The van der Waals surface area contributed by atoms with Crippen LogP contribution in [0, 0.1) is 5.82 Å². The number of carboxylic acid groups (broad SMARTS) is 1. The first kappa shape index (κ1) is 14.4. The van der Waals surface area contributed by atoms with Crippen LogP contribution in [0.3, 0.4) is 0 Å². The van der Waals surface area contributed by atoms with Crippen molar-refractivity contribution in [3.05, 3.63) is 29.6 Å². The van der Waals surface area contributed by atoms with Crippen LogP contribution in [0.5, 0.6) is 5.75 Å². The predicted octanol–water partition coefficient (Wildman–Crippen LogP) is 1.78. The highest BCUT2D eigenvalue weighted by atomic mass is 19.1. The van der Waals surface area contributed by atoms with Gasteiger partial charge in [0.05, 0.1) is 7.11 Å². The highest BCUT2D eigenvalue weighted by Gasteiger charge is 2.16. The van der Waals surface area contributed by atoms with Crippen molar-refractivity contribution < 1.29 is 19.0 Å². The fourth-order valence-corrected chi connectivity index (χ4v) is 1.62. The van der Waals surface area contributed by atoms with E-state index in [0.29, 0.717) is 18.7 Å². The SMILES string of the molecule is COc1ccc(F)cc1CCN(C)C(C)C(=O)O. The van der Waals surface area contributed by atoms with Crippen LogP contribution in [0.2, 0.25) is 0 Å². The van der Waals surface area contributed by atoms with Gasteiger partial charge in [-0.05, 0) is 44.2 Å². The van der Waals surface area contributed by atoms with E-state index in [4.69, 9.17) is 9.84 Å². The molecule has 0 spiro atoms. The third-order valence-electron chi connectivity index (χ3n) is 2.99. The maximum Gasteiger partial charge on any atom is 0.320 e. The number of ether oxygens (including phenoxy) is 1. The number of halogens is 1. The molecule has 1 unspecified atom stereocenters. The van der Waals surface area contributed by atoms with Crippen LogP contribution in [0.25, 0.3) is 0 Å².